The molecule has 1 saturated carbocycles. The van der Waals surface area contributed by atoms with Crippen molar-refractivity contribution in [3.8, 4) is 0 Å². The van der Waals surface area contributed by atoms with Gasteiger partial charge in [-0.2, -0.15) is 0 Å². The van der Waals surface area contributed by atoms with Gasteiger partial charge in [0.1, 0.15) is 11.9 Å². The van der Waals surface area contributed by atoms with Crippen LogP contribution in [0.5, 0.6) is 0 Å². The monoisotopic (exact) mass is 454 g/mol. The number of carbonyl (C=O) groups excluding carboxylic acids is 2. The van der Waals surface area contributed by atoms with Gasteiger partial charge in [0, 0.05) is 17.6 Å². The number of amides is 2. The van der Waals surface area contributed by atoms with Gasteiger partial charge in [-0.25, -0.2) is 0 Å². The Labute approximate surface area is 191 Å². The van der Waals surface area contributed by atoms with Gasteiger partial charge in [0.05, 0.1) is 0 Å². The first kappa shape index (κ1) is 25.0. The van der Waals surface area contributed by atoms with Gasteiger partial charge in [0.2, 0.25) is 11.8 Å². The number of benzene rings is 1. The van der Waals surface area contributed by atoms with Crippen LogP contribution in [0, 0.1) is 5.92 Å². The van der Waals surface area contributed by atoms with Crippen LogP contribution in [0.4, 0.5) is 0 Å². The molecule has 2 atom stereocenters. The summed E-state index contributed by atoms with van der Waals surface area (Å²) in [6, 6.07) is 6.72. The van der Waals surface area contributed by atoms with E-state index in [1.807, 2.05) is 12.1 Å². The lowest BCUT2D eigenvalue weighted by molar-refractivity contribution is -0.140. The Bertz CT molecular complexity index is 660. The van der Waals surface area contributed by atoms with Gasteiger partial charge in [-0.1, -0.05) is 76.1 Å². The van der Waals surface area contributed by atoms with E-state index in [9.17, 15) is 9.59 Å². The van der Waals surface area contributed by atoms with Crippen molar-refractivity contribution >= 4 is 35.0 Å². The molecule has 1 aliphatic carbocycles. The molecule has 1 aromatic carbocycles. The number of halogens is 2. The Kier molecular flexibility index (Phi) is 11.0. The summed E-state index contributed by atoms with van der Waals surface area (Å²) >= 11 is 12.1. The highest BCUT2D eigenvalue weighted by molar-refractivity contribution is 6.30. The number of nitrogens with one attached hydrogen (secondary N) is 1. The minimum Gasteiger partial charge on any atom is -0.351 e. The summed E-state index contributed by atoms with van der Waals surface area (Å²) in [5, 5.41) is 3.82. The van der Waals surface area contributed by atoms with E-state index in [0.717, 1.165) is 56.9 Å². The molecule has 0 aliphatic heterocycles. The van der Waals surface area contributed by atoms with Crippen LogP contribution in [0.2, 0.25) is 5.02 Å². The summed E-state index contributed by atoms with van der Waals surface area (Å²) in [5.41, 5.74) is 0.775. The van der Waals surface area contributed by atoms with Crippen molar-refractivity contribution in [3.05, 3.63) is 34.9 Å². The molecule has 0 spiro atoms. The van der Waals surface area contributed by atoms with Crippen LogP contribution in [0.1, 0.15) is 83.2 Å². The van der Waals surface area contributed by atoms with Crippen LogP contribution in [0.15, 0.2) is 24.3 Å². The van der Waals surface area contributed by atoms with E-state index in [1.165, 1.54) is 6.42 Å². The van der Waals surface area contributed by atoms with Crippen molar-refractivity contribution in [3.63, 3.8) is 0 Å². The lowest BCUT2D eigenvalue weighted by Gasteiger charge is -2.35. The van der Waals surface area contributed by atoms with Gasteiger partial charge >= 0.3 is 0 Å². The Morgan fingerprint density at radius 2 is 1.80 bits per heavy atom. The molecule has 1 fully saturated rings. The predicted octanol–water partition coefficient (Wildman–Crippen LogP) is 6.11. The Balaban J connectivity index is 2.31. The second kappa shape index (κ2) is 13.2. The number of hydrogen-bond donors (Lipinski definition) is 1. The molecule has 1 N–H and O–H groups in total. The summed E-state index contributed by atoms with van der Waals surface area (Å²) in [4.78, 5) is 28.1. The van der Waals surface area contributed by atoms with Crippen LogP contribution in [-0.4, -0.2) is 35.2 Å². The van der Waals surface area contributed by atoms with Gasteiger partial charge < -0.3 is 10.2 Å². The third kappa shape index (κ3) is 7.46. The highest BCUT2D eigenvalue weighted by Crippen LogP contribution is 2.28. The van der Waals surface area contributed by atoms with Crippen LogP contribution in [-0.2, 0) is 9.59 Å². The van der Waals surface area contributed by atoms with E-state index in [2.05, 4.69) is 19.2 Å². The van der Waals surface area contributed by atoms with Crippen molar-refractivity contribution in [1.82, 2.24) is 10.2 Å². The molecule has 2 rings (SSSR count). The van der Waals surface area contributed by atoms with Gasteiger partial charge in [-0.05, 0) is 42.9 Å². The van der Waals surface area contributed by atoms with Crippen molar-refractivity contribution in [2.75, 3.05) is 12.4 Å². The van der Waals surface area contributed by atoms with Gasteiger partial charge in [0.25, 0.3) is 0 Å². The first-order valence-electron chi connectivity index (χ1n) is 11.4. The number of rotatable bonds is 11. The zero-order chi connectivity index (χ0) is 21.9. The molecule has 30 heavy (non-hydrogen) atoms. The zero-order valence-corrected chi connectivity index (χ0v) is 19.9. The molecule has 6 heteroatoms. The highest BCUT2D eigenvalue weighted by atomic mass is 35.5. The first-order chi connectivity index (χ1) is 14.5. The average Bonchev–Trinajstić information content (AvgIpc) is 2.77. The molecule has 0 bridgehead atoms. The summed E-state index contributed by atoms with van der Waals surface area (Å²) < 4.78 is 0. The fourth-order valence-corrected chi connectivity index (χ4v) is 4.55. The molecule has 0 aromatic heterocycles. The van der Waals surface area contributed by atoms with Crippen LogP contribution >= 0.6 is 23.2 Å². The standard InChI is InChI=1S/C24H36Cl2N2O2/c1-3-5-9-18(4-2)17-28(22(29)16-25)23(19-12-14-20(26)15-13-19)24(30)27-21-10-7-6-8-11-21/h12-15,18,21,23H,3-11,16-17H2,1-2H3,(H,27,30)/t18-,23-/m0/s1. The smallest absolute Gasteiger partial charge is 0.247 e. The molecular weight excluding hydrogens is 419 g/mol. The van der Waals surface area contributed by atoms with Crippen LogP contribution < -0.4 is 5.32 Å². The molecule has 0 radical (unpaired) electrons. The van der Waals surface area contributed by atoms with Crippen molar-refractivity contribution < 1.29 is 9.59 Å². The number of alkyl halides is 1. The second-order valence-electron chi connectivity index (χ2n) is 8.39. The summed E-state index contributed by atoms with van der Waals surface area (Å²) in [5.74, 6) is -0.113. The van der Waals surface area contributed by atoms with Gasteiger partial charge in [0.15, 0.2) is 0 Å². The van der Waals surface area contributed by atoms with E-state index in [-0.39, 0.29) is 23.7 Å². The number of nitrogens with zero attached hydrogens (tertiary/aromatic N) is 1. The maximum atomic E-state index is 13.5. The third-order valence-corrected chi connectivity index (χ3v) is 6.61. The van der Waals surface area contributed by atoms with E-state index in [0.29, 0.717) is 17.5 Å². The molecule has 2 amide bonds. The summed E-state index contributed by atoms with van der Waals surface area (Å²) in [6.07, 6.45) is 9.71. The molecule has 1 aromatic rings. The van der Waals surface area contributed by atoms with E-state index in [1.54, 1.807) is 17.0 Å². The van der Waals surface area contributed by atoms with E-state index in [4.69, 9.17) is 23.2 Å². The zero-order valence-electron chi connectivity index (χ0n) is 18.3. The predicted molar refractivity (Wildman–Crippen MR) is 125 cm³/mol. The molecular formula is C24H36Cl2N2O2. The van der Waals surface area contributed by atoms with Crippen molar-refractivity contribution in [1.29, 1.82) is 0 Å². The SMILES string of the molecule is CCCC[C@H](CC)CN(C(=O)CCl)[C@H](C(=O)NC1CCCCC1)c1ccc(Cl)cc1. The fourth-order valence-electron chi connectivity index (χ4n) is 4.27. The minimum absolute atomic E-state index is 0.118. The number of carbonyl (C=O) groups is 2. The Morgan fingerprint density at radius 1 is 1.13 bits per heavy atom. The van der Waals surface area contributed by atoms with E-state index >= 15 is 0 Å². The lowest BCUT2D eigenvalue weighted by Crippen LogP contribution is -2.48. The molecule has 0 unspecified atom stereocenters. The molecule has 4 nitrogen and oxygen atoms in total. The van der Waals surface area contributed by atoms with Crippen molar-refractivity contribution in [2.45, 2.75) is 83.7 Å². The van der Waals surface area contributed by atoms with Crippen molar-refractivity contribution in [2.24, 2.45) is 5.92 Å². The normalized spacial score (nSPS) is 16.7. The molecule has 1 aliphatic rings. The topological polar surface area (TPSA) is 49.4 Å². The second-order valence-corrected chi connectivity index (χ2v) is 9.10. The quantitative estimate of drug-likeness (QED) is 0.409. The molecule has 168 valence electrons. The maximum Gasteiger partial charge on any atom is 0.247 e. The number of hydrogen-bond acceptors (Lipinski definition) is 2. The third-order valence-electron chi connectivity index (χ3n) is 6.13. The Morgan fingerprint density at radius 3 is 2.37 bits per heavy atom. The number of unbranched alkanes of at least 4 members (excludes halogenated alkanes) is 1. The van der Waals surface area contributed by atoms with Gasteiger partial charge in [-0.15, -0.1) is 11.6 Å². The first-order valence-corrected chi connectivity index (χ1v) is 12.3. The lowest BCUT2D eigenvalue weighted by atomic mass is 9.94. The van der Waals surface area contributed by atoms with Crippen LogP contribution in [0.3, 0.4) is 0 Å². The van der Waals surface area contributed by atoms with Gasteiger partial charge in [-0.3, -0.25) is 9.59 Å². The largest absolute Gasteiger partial charge is 0.351 e. The summed E-state index contributed by atoms with van der Waals surface area (Å²) in [6.45, 7) is 4.85. The maximum absolute atomic E-state index is 13.5. The molecule has 0 heterocycles. The minimum atomic E-state index is -0.689. The summed E-state index contributed by atoms with van der Waals surface area (Å²) in [7, 11) is 0. The van der Waals surface area contributed by atoms with E-state index < -0.39 is 6.04 Å². The molecule has 0 saturated heterocycles. The Hall–Kier alpha value is -1.26. The van der Waals surface area contributed by atoms with Crippen LogP contribution in [0.25, 0.3) is 0 Å². The fraction of sp³-hybridized carbons (Fsp3) is 0.667. The highest BCUT2D eigenvalue weighted by Gasteiger charge is 2.33. The average molecular weight is 455 g/mol.